The van der Waals surface area contributed by atoms with Crippen molar-refractivity contribution in [2.75, 3.05) is 23.7 Å². The molecule has 0 saturated carbocycles. The summed E-state index contributed by atoms with van der Waals surface area (Å²) in [5, 5.41) is 3.55. The molecule has 0 bridgehead atoms. The van der Waals surface area contributed by atoms with Crippen LogP contribution in [-0.4, -0.2) is 52.5 Å². The van der Waals surface area contributed by atoms with Crippen molar-refractivity contribution in [2.45, 2.75) is 57.7 Å². The number of carbonyl (C=O) groups is 1. The predicted molar refractivity (Wildman–Crippen MR) is 182 cm³/mol. The number of likely N-dealkylation sites (tertiary alicyclic amines) is 1. The van der Waals surface area contributed by atoms with Gasteiger partial charge in [-0.25, -0.2) is 9.98 Å². The van der Waals surface area contributed by atoms with E-state index in [4.69, 9.17) is 15.7 Å². The van der Waals surface area contributed by atoms with Crippen molar-refractivity contribution < 1.29 is 4.79 Å². The second-order valence-electron chi connectivity index (χ2n) is 12.1. The Balaban J connectivity index is 1.09. The molecule has 2 aromatic carbocycles. The molecule has 1 aliphatic carbocycles. The van der Waals surface area contributed by atoms with Crippen LogP contribution in [0, 0.1) is 0 Å². The Morgan fingerprint density at radius 2 is 1.84 bits per heavy atom. The van der Waals surface area contributed by atoms with Crippen LogP contribution in [0.25, 0.3) is 5.70 Å². The second kappa shape index (κ2) is 12.3. The molecule has 3 aliphatic heterocycles. The van der Waals surface area contributed by atoms with Gasteiger partial charge >= 0.3 is 0 Å². The van der Waals surface area contributed by atoms with Gasteiger partial charge in [0.25, 0.3) is 0 Å². The van der Waals surface area contributed by atoms with Crippen LogP contribution in [-0.2, 0) is 11.3 Å². The monoisotopic (exact) mass is 597 g/mol. The summed E-state index contributed by atoms with van der Waals surface area (Å²) >= 11 is 0. The number of aliphatic imine (C=N–C) groups is 2. The number of rotatable bonds is 8. The normalized spacial score (nSPS) is 21.9. The predicted octanol–water partition coefficient (Wildman–Crippen LogP) is 5.89. The van der Waals surface area contributed by atoms with E-state index in [1.165, 1.54) is 5.56 Å². The van der Waals surface area contributed by atoms with Gasteiger partial charge in [-0.3, -0.25) is 19.6 Å². The standard InChI is InChI=1S/C37H39N7O/c1-3-29-24(2)34(45)33(29)40-27-11-8-21-43(22-19-27)23-25-13-15-28(16-14-25)44-36(30-12-7-20-39-35(30)38)42-32-18-17-31(41-37(32)44)26-9-5-4-6-10-26/h4-7,9-10,12-17,20,27,32,40H,2-3,8,11,18-19,21-23H2,1H3,(H2,38,39). The van der Waals surface area contributed by atoms with Gasteiger partial charge in [-0.05, 0) is 79.6 Å². The van der Waals surface area contributed by atoms with E-state index in [0.29, 0.717) is 17.4 Å². The third-order valence-corrected chi connectivity index (χ3v) is 9.23. The highest BCUT2D eigenvalue weighted by molar-refractivity contribution is 6.31. The summed E-state index contributed by atoms with van der Waals surface area (Å²) in [7, 11) is 0. The van der Waals surface area contributed by atoms with Gasteiger partial charge in [0.1, 0.15) is 23.5 Å². The van der Waals surface area contributed by atoms with E-state index in [-0.39, 0.29) is 11.8 Å². The minimum atomic E-state index is -0.0807. The van der Waals surface area contributed by atoms with Crippen molar-refractivity contribution in [3.8, 4) is 0 Å². The molecule has 0 radical (unpaired) electrons. The molecule has 7 rings (SSSR count). The topological polar surface area (TPSA) is 99.2 Å². The van der Waals surface area contributed by atoms with Gasteiger partial charge in [-0.1, -0.05) is 62.0 Å². The van der Waals surface area contributed by atoms with Gasteiger partial charge in [0.2, 0.25) is 5.78 Å². The first kappa shape index (κ1) is 28.9. The molecular weight excluding hydrogens is 558 g/mol. The molecule has 0 amide bonds. The van der Waals surface area contributed by atoms with Crippen LogP contribution in [0.5, 0.6) is 0 Å². The largest absolute Gasteiger partial charge is 0.383 e. The molecule has 0 spiro atoms. The lowest BCUT2D eigenvalue weighted by molar-refractivity contribution is -0.113. The third-order valence-electron chi connectivity index (χ3n) is 9.23. The van der Waals surface area contributed by atoms with Gasteiger partial charge in [0, 0.05) is 36.6 Å². The van der Waals surface area contributed by atoms with E-state index in [9.17, 15) is 4.79 Å². The summed E-state index contributed by atoms with van der Waals surface area (Å²) < 4.78 is 0. The number of carbonyl (C=O) groups excluding carboxylic acids is 1. The average molecular weight is 598 g/mol. The second-order valence-corrected chi connectivity index (χ2v) is 12.1. The van der Waals surface area contributed by atoms with Crippen molar-refractivity contribution in [3.05, 3.63) is 119 Å². The van der Waals surface area contributed by atoms with Gasteiger partial charge in [-0.2, -0.15) is 0 Å². The lowest BCUT2D eigenvalue weighted by Crippen LogP contribution is -2.39. The number of ketones is 1. The van der Waals surface area contributed by atoms with Crippen LogP contribution in [0.2, 0.25) is 0 Å². The first-order valence-electron chi connectivity index (χ1n) is 16.0. The van der Waals surface area contributed by atoms with E-state index in [1.54, 1.807) is 6.20 Å². The molecular formula is C37H39N7O. The molecule has 8 nitrogen and oxygen atoms in total. The number of aromatic nitrogens is 1. The number of allylic oxidation sites excluding steroid dienone is 2. The number of nitrogens with two attached hydrogens (primary N) is 1. The van der Waals surface area contributed by atoms with Crippen molar-refractivity contribution in [1.29, 1.82) is 0 Å². The number of Topliss-reactive ketones (excluding diaryl/α,β-unsaturated/α-hetero) is 1. The molecule has 2 atom stereocenters. The highest BCUT2D eigenvalue weighted by Gasteiger charge is 2.37. The van der Waals surface area contributed by atoms with Gasteiger partial charge < -0.3 is 11.1 Å². The Labute approximate surface area is 264 Å². The lowest BCUT2D eigenvalue weighted by atomic mass is 9.85. The number of hydrogen-bond acceptors (Lipinski definition) is 8. The van der Waals surface area contributed by atoms with Crippen molar-refractivity contribution in [3.63, 3.8) is 0 Å². The van der Waals surface area contributed by atoms with Crippen LogP contribution in [0.1, 0.15) is 55.7 Å². The molecule has 228 valence electrons. The van der Waals surface area contributed by atoms with Crippen LogP contribution in [0.15, 0.2) is 112 Å². The van der Waals surface area contributed by atoms with Gasteiger partial charge in [-0.15, -0.1) is 0 Å². The fraction of sp³-hybridized carbons (Fsp3) is 0.297. The minimum Gasteiger partial charge on any atom is -0.383 e. The van der Waals surface area contributed by atoms with E-state index in [0.717, 1.165) is 97.2 Å². The highest BCUT2D eigenvalue weighted by Crippen LogP contribution is 2.34. The fourth-order valence-corrected chi connectivity index (χ4v) is 6.77. The Morgan fingerprint density at radius 3 is 2.62 bits per heavy atom. The Morgan fingerprint density at radius 1 is 1.02 bits per heavy atom. The molecule has 2 unspecified atom stereocenters. The van der Waals surface area contributed by atoms with Gasteiger partial charge in [0.15, 0.2) is 0 Å². The average Bonchev–Trinajstić information content (AvgIpc) is 3.31. The minimum absolute atomic E-state index is 0.0807. The molecule has 1 saturated heterocycles. The summed E-state index contributed by atoms with van der Waals surface area (Å²) in [4.78, 5) is 31.6. The zero-order valence-electron chi connectivity index (χ0n) is 25.7. The van der Waals surface area contributed by atoms with Crippen LogP contribution >= 0.6 is 0 Å². The number of amidine groups is 2. The fourth-order valence-electron chi connectivity index (χ4n) is 6.77. The number of pyridine rings is 1. The van der Waals surface area contributed by atoms with E-state index < -0.39 is 0 Å². The van der Waals surface area contributed by atoms with Gasteiger partial charge in [0.05, 0.1) is 17.0 Å². The molecule has 4 heterocycles. The maximum Gasteiger partial charge on any atom is 0.208 e. The van der Waals surface area contributed by atoms with Crippen molar-refractivity contribution in [1.82, 2.24) is 15.2 Å². The van der Waals surface area contributed by atoms with Crippen LogP contribution < -0.4 is 16.0 Å². The molecule has 3 N–H and O–H groups in total. The zero-order chi connectivity index (χ0) is 30.9. The molecule has 45 heavy (non-hydrogen) atoms. The van der Waals surface area contributed by atoms with E-state index in [2.05, 4.69) is 76.1 Å². The number of fused-ring (bicyclic) bond motifs is 1. The summed E-state index contributed by atoms with van der Waals surface area (Å²) in [5.74, 6) is 2.23. The van der Waals surface area contributed by atoms with E-state index in [1.807, 2.05) is 30.3 Å². The first-order valence-corrected chi connectivity index (χ1v) is 16.0. The quantitative estimate of drug-likeness (QED) is 0.314. The maximum absolute atomic E-state index is 12.3. The van der Waals surface area contributed by atoms with E-state index >= 15 is 0 Å². The van der Waals surface area contributed by atoms with Crippen LogP contribution in [0.4, 0.5) is 11.5 Å². The number of benzene rings is 2. The molecule has 1 fully saturated rings. The smallest absolute Gasteiger partial charge is 0.208 e. The SMILES string of the molecule is C=C1C(=O)C(NC2CCCN(Cc3ccc(N4C(c5cccnc5N)=NC5CC=C(c6ccccc6)N=C54)cc3)CC2)=C1CC. The Kier molecular flexibility index (Phi) is 7.90. The number of nitrogens with one attached hydrogen (secondary N) is 1. The number of nitrogen functional groups attached to an aromatic ring is 1. The van der Waals surface area contributed by atoms with Crippen molar-refractivity contribution >= 4 is 34.7 Å². The van der Waals surface area contributed by atoms with Crippen molar-refractivity contribution in [2.24, 2.45) is 9.98 Å². The Hall–Kier alpha value is -4.82. The first-order chi connectivity index (χ1) is 22.0. The summed E-state index contributed by atoms with van der Waals surface area (Å²) in [5.41, 5.74) is 14.0. The number of nitrogens with zero attached hydrogens (tertiary/aromatic N) is 5. The molecule has 8 heteroatoms. The summed E-state index contributed by atoms with van der Waals surface area (Å²) in [6, 6.07) is 23.2. The molecule has 3 aromatic rings. The number of anilines is 2. The summed E-state index contributed by atoms with van der Waals surface area (Å²) in [6.45, 7) is 8.91. The molecule has 1 aromatic heterocycles. The zero-order valence-corrected chi connectivity index (χ0v) is 25.7. The maximum atomic E-state index is 12.3. The Bertz CT molecular complexity index is 1750. The number of hydrogen-bond donors (Lipinski definition) is 2. The third kappa shape index (κ3) is 5.62. The lowest BCUT2D eigenvalue weighted by Gasteiger charge is -2.29. The highest BCUT2D eigenvalue weighted by atomic mass is 16.1. The summed E-state index contributed by atoms with van der Waals surface area (Å²) in [6.07, 6.45) is 8.67. The molecule has 4 aliphatic rings. The van der Waals surface area contributed by atoms with Crippen LogP contribution in [0.3, 0.4) is 0 Å².